The molecule has 0 aliphatic rings. The molecule has 5 nitrogen and oxygen atoms in total. The first-order valence-corrected chi connectivity index (χ1v) is 3.67. The van der Waals surface area contributed by atoms with E-state index in [-0.39, 0.29) is 52.8 Å². The van der Waals surface area contributed by atoms with Gasteiger partial charge in [-0.25, -0.2) is 0 Å². The molecule has 0 saturated heterocycles. The standard InChI is InChI=1S/C4H5N.K.H2O4S.H/c1-2-4-5-3-1;;1-5(2,3)4;/h1-5H;;(H2,1,2,3,4);/q;+1;;-1. The fourth-order valence-corrected chi connectivity index (χ4v) is 0.278. The van der Waals surface area contributed by atoms with Gasteiger partial charge in [0.1, 0.15) is 0 Å². The maximum absolute atomic E-state index is 8.74. The van der Waals surface area contributed by atoms with Crippen LogP contribution in [0.3, 0.4) is 0 Å². The van der Waals surface area contributed by atoms with E-state index in [1.807, 2.05) is 24.5 Å². The van der Waals surface area contributed by atoms with Gasteiger partial charge in [-0.3, -0.25) is 9.11 Å². The first-order valence-electron chi connectivity index (χ1n) is 2.28. The van der Waals surface area contributed by atoms with Crippen LogP contribution in [-0.4, -0.2) is 22.5 Å². The average molecular weight is 205 g/mol. The summed E-state index contributed by atoms with van der Waals surface area (Å²) in [4.78, 5) is 2.86. The van der Waals surface area contributed by atoms with Crippen molar-refractivity contribution in [2.75, 3.05) is 0 Å². The zero-order valence-corrected chi connectivity index (χ0v) is 9.87. The van der Waals surface area contributed by atoms with Gasteiger partial charge in [-0.05, 0) is 12.1 Å². The molecule has 0 aliphatic heterocycles. The van der Waals surface area contributed by atoms with Crippen molar-refractivity contribution in [1.82, 2.24) is 4.98 Å². The van der Waals surface area contributed by atoms with Crippen LogP contribution in [-0.2, 0) is 10.4 Å². The number of aromatic amines is 1. The van der Waals surface area contributed by atoms with Gasteiger partial charge in [-0.15, -0.1) is 0 Å². The number of H-pyrrole nitrogens is 1. The second-order valence-corrected chi connectivity index (χ2v) is 2.23. The summed E-state index contributed by atoms with van der Waals surface area (Å²) in [6, 6.07) is 3.89. The molecule has 0 atom stereocenters. The van der Waals surface area contributed by atoms with Crippen molar-refractivity contribution in [2.24, 2.45) is 0 Å². The molecule has 0 amide bonds. The normalized spacial score (nSPS) is 8.91. The van der Waals surface area contributed by atoms with Gasteiger partial charge in [0.15, 0.2) is 0 Å². The molecular formula is C4H8KNO4S. The minimum absolute atomic E-state index is 0. The molecule has 0 aromatic carbocycles. The van der Waals surface area contributed by atoms with Gasteiger partial charge in [-0.2, -0.15) is 8.42 Å². The SMILES string of the molecule is O=S(=O)(O)O.[H-].[K+].c1cc[nH]c1. The van der Waals surface area contributed by atoms with E-state index in [0.29, 0.717) is 0 Å². The molecule has 1 heterocycles. The molecule has 3 N–H and O–H groups in total. The Morgan fingerprint density at radius 1 is 1.18 bits per heavy atom. The van der Waals surface area contributed by atoms with E-state index < -0.39 is 10.4 Å². The van der Waals surface area contributed by atoms with Gasteiger partial charge in [0.25, 0.3) is 0 Å². The predicted molar refractivity (Wildman–Crippen MR) is 36.1 cm³/mol. The molecule has 1 aromatic rings. The van der Waals surface area contributed by atoms with Crippen LogP contribution < -0.4 is 51.4 Å². The molecule has 11 heavy (non-hydrogen) atoms. The molecule has 0 aliphatic carbocycles. The van der Waals surface area contributed by atoms with E-state index in [9.17, 15) is 0 Å². The number of hydrogen-bond acceptors (Lipinski definition) is 2. The Bertz CT molecular complexity index is 223. The first kappa shape index (κ1) is 14.3. The smallest absolute Gasteiger partial charge is 1.00 e. The second-order valence-electron chi connectivity index (χ2n) is 1.33. The molecule has 1 aromatic heterocycles. The van der Waals surface area contributed by atoms with Gasteiger partial charge < -0.3 is 6.41 Å². The Labute approximate surface area is 109 Å². The summed E-state index contributed by atoms with van der Waals surface area (Å²) in [6.45, 7) is 0. The van der Waals surface area contributed by atoms with Crippen molar-refractivity contribution < 1.29 is 70.3 Å². The van der Waals surface area contributed by atoms with Gasteiger partial charge in [-0.1, -0.05) is 0 Å². The number of aromatic nitrogens is 1. The number of rotatable bonds is 0. The summed E-state index contributed by atoms with van der Waals surface area (Å²) < 4.78 is 31.6. The topological polar surface area (TPSA) is 90.4 Å². The summed E-state index contributed by atoms with van der Waals surface area (Å²) in [5.41, 5.74) is 0. The van der Waals surface area contributed by atoms with Crippen molar-refractivity contribution in [3.63, 3.8) is 0 Å². The van der Waals surface area contributed by atoms with E-state index >= 15 is 0 Å². The zero-order chi connectivity index (χ0) is 8.04. The summed E-state index contributed by atoms with van der Waals surface area (Å²) in [7, 11) is -4.67. The van der Waals surface area contributed by atoms with Gasteiger partial charge in [0, 0.05) is 12.4 Å². The molecule has 0 unspecified atom stereocenters. The Morgan fingerprint density at radius 3 is 1.55 bits per heavy atom. The molecule has 0 fully saturated rings. The van der Waals surface area contributed by atoms with Gasteiger partial charge in [0.2, 0.25) is 0 Å². The Balaban J connectivity index is -0.000000116. The summed E-state index contributed by atoms with van der Waals surface area (Å²) in [5.74, 6) is 0. The van der Waals surface area contributed by atoms with Crippen LogP contribution >= 0.6 is 0 Å². The molecule has 0 spiro atoms. The van der Waals surface area contributed by atoms with Crippen LogP contribution in [0.1, 0.15) is 1.43 Å². The largest absolute Gasteiger partial charge is 1.00 e. The van der Waals surface area contributed by atoms with Crippen molar-refractivity contribution in [2.45, 2.75) is 0 Å². The maximum Gasteiger partial charge on any atom is 1.00 e. The van der Waals surface area contributed by atoms with Crippen LogP contribution in [0, 0.1) is 0 Å². The minimum atomic E-state index is -4.67. The Hall–Kier alpha value is 0.786. The molecule has 60 valence electrons. The molecular weight excluding hydrogens is 197 g/mol. The van der Waals surface area contributed by atoms with Crippen molar-refractivity contribution >= 4 is 10.4 Å². The van der Waals surface area contributed by atoms with Crippen LogP contribution in [0.15, 0.2) is 24.5 Å². The first-order chi connectivity index (χ1) is 4.50. The second kappa shape index (κ2) is 7.44. The zero-order valence-electron chi connectivity index (χ0n) is 6.93. The molecule has 0 bridgehead atoms. The van der Waals surface area contributed by atoms with Crippen molar-refractivity contribution in [3.05, 3.63) is 24.5 Å². The minimum Gasteiger partial charge on any atom is -1.00 e. The third-order valence-corrected chi connectivity index (χ3v) is 0.496. The Morgan fingerprint density at radius 2 is 1.45 bits per heavy atom. The fourth-order valence-electron chi connectivity index (χ4n) is 0.278. The third-order valence-electron chi connectivity index (χ3n) is 0.496. The summed E-state index contributed by atoms with van der Waals surface area (Å²) >= 11 is 0. The van der Waals surface area contributed by atoms with Crippen LogP contribution in [0.4, 0.5) is 0 Å². The van der Waals surface area contributed by atoms with E-state index in [4.69, 9.17) is 17.5 Å². The summed E-state index contributed by atoms with van der Waals surface area (Å²) in [6.07, 6.45) is 3.75. The van der Waals surface area contributed by atoms with Gasteiger partial charge >= 0.3 is 61.8 Å². The quantitative estimate of drug-likeness (QED) is 0.322. The summed E-state index contributed by atoms with van der Waals surface area (Å²) in [5, 5.41) is 0. The molecule has 0 saturated carbocycles. The Kier molecular flexibility index (Phi) is 9.68. The van der Waals surface area contributed by atoms with E-state index in [1.54, 1.807) is 0 Å². The molecule has 7 heteroatoms. The van der Waals surface area contributed by atoms with Crippen LogP contribution in [0.2, 0.25) is 0 Å². The molecule has 0 radical (unpaired) electrons. The van der Waals surface area contributed by atoms with Gasteiger partial charge in [0.05, 0.1) is 0 Å². The van der Waals surface area contributed by atoms with E-state index in [0.717, 1.165) is 0 Å². The molecule has 1 rings (SSSR count). The average Bonchev–Trinajstić information content (AvgIpc) is 2.07. The van der Waals surface area contributed by atoms with E-state index in [2.05, 4.69) is 4.98 Å². The fraction of sp³-hybridized carbons (Fsp3) is 0. The van der Waals surface area contributed by atoms with Crippen LogP contribution in [0.5, 0.6) is 0 Å². The maximum atomic E-state index is 8.74. The van der Waals surface area contributed by atoms with E-state index in [1.165, 1.54) is 0 Å². The number of nitrogens with one attached hydrogen (secondary N) is 1. The van der Waals surface area contributed by atoms with Crippen molar-refractivity contribution in [3.8, 4) is 0 Å². The monoisotopic (exact) mass is 205 g/mol. The predicted octanol–water partition coefficient (Wildman–Crippen LogP) is -2.52. The van der Waals surface area contributed by atoms with Crippen LogP contribution in [0.25, 0.3) is 0 Å². The third kappa shape index (κ3) is 24.9. The van der Waals surface area contributed by atoms with Crippen molar-refractivity contribution in [1.29, 1.82) is 0 Å². The number of hydrogen-bond donors (Lipinski definition) is 3.